The van der Waals surface area contributed by atoms with Gasteiger partial charge in [-0.1, -0.05) is 89.9 Å². The van der Waals surface area contributed by atoms with Crippen LogP contribution in [0, 0.1) is 0 Å². The van der Waals surface area contributed by atoms with Gasteiger partial charge in [-0.25, -0.2) is 4.79 Å². The van der Waals surface area contributed by atoms with Gasteiger partial charge in [0.2, 0.25) is 23.6 Å². The van der Waals surface area contributed by atoms with Crippen molar-refractivity contribution in [1.82, 2.24) is 21.3 Å². The van der Waals surface area contributed by atoms with Crippen LogP contribution in [0.4, 0.5) is 0 Å². The summed E-state index contributed by atoms with van der Waals surface area (Å²) in [6.45, 7) is 7.84. The number of rotatable bonds is 42. The minimum absolute atomic E-state index is 0.0210. The molecular weight excluding hydrogens is 778 g/mol. The first-order valence-electron chi connectivity index (χ1n) is 22.4. The minimum Gasteiger partial charge on any atom is -0.481 e. The maximum atomic E-state index is 12.9. The van der Waals surface area contributed by atoms with Gasteiger partial charge in [-0.15, -0.1) is 0 Å². The lowest BCUT2D eigenvalue weighted by Crippen LogP contribution is -2.44. The van der Waals surface area contributed by atoms with Gasteiger partial charge in [0.1, 0.15) is 24.9 Å². The highest BCUT2D eigenvalue weighted by Gasteiger charge is 2.27. The van der Waals surface area contributed by atoms with Crippen molar-refractivity contribution in [3.63, 3.8) is 0 Å². The van der Waals surface area contributed by atoms with Crippen LogP contribution >= 0.6 is 0 Å². The number of carbonyl (C=O) groups excluding carboxylic acids is 5. The Balaban J connectivity index is 3.97. The van der Waals surface area contributed by atoms with Crippen LogP contribution in [0.5, 0.6) is 0 Å². The molecule has 0 aliphatic heterocycles. The topological polar surface area (TPSA) is 243 Å². The number of esters is 1. The number of carbonyl (C=O) groups is 6. The molecule has 0 aromatic carbocycles. The highest BCUT2D eigenvalue weighted by molar-refractivity contribution is 5.85. The molecule has 0 spiro atoms. The molecule has 0 aromatic heterocycles. The Bertz CT molecular complexity index is 1140. The van der Waals surface area contributed by atoms with Crippen molar-refractivity contribution >= 4 is 35.6 Å². The van der Waals surface area contributed by atoms with E-state index in [2.05, 4.69) is 21.3 Å². The van der Waals surface area contributed by atoms with Gasteiger partial charge >= 0.3 is 11.9 Å². The van der Waals surface area contributed by atoms with Gasteiger partial charge in [-0.2, -0.15) is 0 Å². The standard InChI is InChI=1S/C43H81N5O12/c1-43(2,3)60-42(55)36(48-38(50)20-18-16-14-12-10-8-6-4-5-7-9-11-13-15-17-19-21-41(53)54)22-23-37(49)46-26-28-56-30-33-59-35-40(52)47-27-29-57-31-32-58-34-39(51)45-25-24-44/h36H,4-35,44H2,1-3H3,(H,45,51)(H,46,49)(H,47,52)(H,48,50)(H,53,54)/t36-/m0/s1. The van der Waals surface area contributed by atoms with Gasteiger partial charge in [0, 0.05) is 45.4 Å². The Labute approximate surface area is 359 Å². The molecular formula is C43H81N5O12. The molecule has 0 radical (unpaired) electrons. The predicted molar refractivity (Wildman–Crippen MR) is 229 cm³/mol. The summed E-state index contributed by atoms with van der Waals surface area (Å²) in [5, 5.41) is 19.5. The molecule has 1 atom stereocenters. The average Bonchev–Trinajstić information content (AvgIpc) is 3.19. The maximum absolute atomic E-state index is 12.9. The normalized spacial score (nSPS) is 11.8. The minimum atomic E-state index is -0.927. The summed E-state index contributed by atoms with van der Waals surface area (Å²) in [5.74, 6) is -2.32. The Morgan fingerprint density at radius 3 is 1.33 bits per heavy atom. The summed E-state index contributed by atoms with van der Waals surface area (Å²) in [6.07, 6.45) is 18.8. The number of carboxylic acids is 1. The van der Waals surface area contributed by atoms with E-state index >= 15 is 0 Å². The molecule has 0 heterocycles. The van der Waals surface area contributed by atoms with Gasteiger partial charge < -0.3 is 55.8 Å². The quantitative estimate of drug-likeness (QED) is 0.0375. The summed E-state index contributed by atoms with van der Waals surface area (Å²) in [5.41, 5.74) is 4.57. The highest BCUT2D eigenvalue weighted by atomic mass is 16.6. The van der Waals surface area contributed by atoms with Crippen LogP contribution in [0.2, 0.25) is 0 Å². The van der Waals surface area contributed by atoms with E-state index in [9.17, 15) is 28.8 Å². The third-order valence-corrected chi connectivity index (χ3v) is 9.05. The molecule has 0 aromatic rings. The third-order valence-electron chi connectivity index (χ3n) is 9.05. The van der Waals surface area contributed by atoms with Crippen molar-refractivity contribution < 1.29 is 57.6 Å². The fraction of sp³-hybridized carbons (Fsp3) is 0.860. The van der Waals surface area contributed by atoms with Crippen LogP contribution in [0.1, 0.15) is 149 Å². The molecule has 17 heteroatoms. The fourth-order valence-electron chi connectivity index (χ4n) is 5.90. The second-order valence-electron chi connectivity index (χ2n) is 15.9. The lowest BCUT2D eigenvalue weighted by atomic mass is 10.0. The van der Waals surface area contributed by atoms with Crippen molar-refractivity contribution in [2.45, 2.75) is 161 Å². The highest BCUT2D eigenvalue weighted by Crippen LogP contribution is 2.15. The summed E-state index contributed by atoms with van der Waals surface area (Å²) in [7, 11) is 0. The number of nitrogens with two attached hydrogens (primary N) is 1. The maximum Gasteiger partial charge on any atom is 0.329 e. The number of nitrogens with one attached hydrogen (secondary N) is 4. The molecule has 350 valence electrons. The van der Waals surface area contributed by atoms with Crippen LogP contribution in [-0.4, -0.2) is 131 Å². The summed E-state index contributed by atoms with van der Waals surface area (Å²) >= 11 is 0. The van der Waals surface area contributed by atoms with E-state index in [4.69, 9.17) is 34.5 Å². The average molecular weight is 860 g/mol. The number of unbranched alkanes of at least 4 members (excludes halogenated alkanes) is 15. The second kappa shape index (κ2) is 39.7. The first kappa shape index (κ1) is 56.6. The molecule has 0 saturated carbocycles. The van der Waals surface area contributed by atoms with E-state index in [0.717, 1.165) is 44.9 Å². The molecule has 0 fully saturated rings. The predicted octanol–water partition coefficient (Wildman–Crippen LogP) is 4.07. The Hall–Kier alpha value is -3.38. The molecule has 17 nitrogen and oxygen atoms in total. The van der Waals surface area contributed by atoms with Crippen molar-refractivity contribution in [3.8, 4) is 0 Å². The molecule has 60 heavy (non-hydrogen) atoms. The van der Waals surface area contributed by atoms with Gasteiger partial charge in [0.05, 0.1) is 39.6 Å². The molecule has 0 saturated heterocycles. The van der Waals surface area contributed by atoms with Crippen molar-refractivity contribution in [3.05, 3.63) is 0 Å². The molecule has 0 rings (SSSR count). The number of hydrogen-bond donors (Lipinski definition) is 6. The van der Waals surface area contributed by atoms with Gasteiger partial charge in [-0.05, 0) is 40.0 Å². The zero-order chi connectivity index (χ0) is 44.5. The number of carboxylic acid groups (broad SMARTS) is 1. The molecule has 4 amide bonds. The van der Waals surface area contributed by atoms with Gasteiger partial charge in [0.25, 0.3) is 0 Å². The van der Waals surface area contributed by atoms with Crippen molar-refractivity contribution in [2.24, 2.45) is 5.73 Å². The largest absolute Gasteiger partial charge is 0.481 e. The smallest absolute Gasteiger partial charge is 0.329 e. The molecule has 0 aliphatic carbocycles. The van der Waals surface area contributed by atoms with Gasteiger partial charge in [0.15, 0.2) is 0 Å². The Morgan fingerprint density at radius 2 is 0.900 bits per heavy atom. The van der Waals surface area contributed by atoms with E-state index < -0.39 is 23.6 Å². The fourth-order valence-corrected chi connectivity index (χ4v) is 5.90. The Morgan fingerprint density at radius 1 is 0.500 bits per heavy atom. The van der Waals surface area contributed by atoms with Crippen molar-refractivity contribution in [1.29, 1.82) is 0 Å². The lowest BCUT2D eigenvalue weighted by molar-refractivity contribution is -0.159. The van der Waals surface area contributed by atoms with Crippen LogP contribution in [0.3, 0.4) is 0 Å². The second-order valence-corrected chi connectivity index (χ2v) is 15.9. The van der Waals surface area contributed by atoms with E-state index in [1.807, 2.05) is 0 Å². The summed E-state index contributed by atoms with van der Waals surface area (Å²) in [6, 6.07) is -0.927. The van der Waals surface area contributed by atoms with Crippen molar-refractivity contribution in [2.75, 3.05) is 79.0 Å². The summed E-state index contributed by atoms with van der Waals surface area (Å²) in [4.78, 5) is 71.9. The zero-order valence-corrected chi connectivity index (χ0v) is 37.2. The first-order chi connectivity index (χ1) is 28.8. The number of hydrogen-bond acceptors (Lipinski definition) is 12. The third kappa shape index (κ3) is 41.4. The van der Waals surface area contributed by atoms with E-state index in [0.29, 0.717) is 26.1 Å². The van der Waals surface area contributed by atoms with Crippen LogP contribution < -0.4 is 27.0 Å². The van der Waals surface area contributed by atoms with E-state index in [1.54, 1.807) is 20.8 Å². The van der Waals surface area contributed by atoms with E-state index in [1.165, 1.54) is 57.8 Å². The summed E-state index contributed by atoms with van der Waals surface area (Å²) < 4.78 is 26.8. The first-order valence-corrected chi connectivity index (χ1v) is 22.4. The monoisotopic (exact) mass is 860 g/mol. The number of ether oxygens (including phenoxy) is 5. The number of aliphatic carboxylic acids is 1. The van der Waals surface area contributed by atoms with Gasteiger partial charge in [-0.3, -0.25) is 24.0 Å². The Kier molecular flexibility index (Phi) is 37.5. The van der Waals surface area contributed by atoms with Crippen LogP contribution in [0.25, 0.3) is 0 Å². The SMILES string of the molecule is CC(C)(C)OC(=O)[C@H](CCC(=O)NCCOCCOCC(=O)NCCOCCOCC(=O)NCCN)NC(=O)CCCCCCCCCCCCCCCCCCC(=O)O. The molecule has 0 bridgehead atoms. The zero-order valence-electron chi connectivity index (χ0n) is 37.2. The lowest BCUT2D eigenvalue weighted by Gasteiger charge is -2.24. The van der Waals surface area contributed by atoms with E-state index in [-0.39, 0.29) is 102 Å². The molecule has 0 aliphatic rings. The number of amides is 4. The molecule has 7 N–H and O–H groups in total. The van der Waals surface area contributed by atoms with Crippen LogP contribution in [0.15, 0.2) is 0 Å². The molecule has 0 unspecified atom stereocenters. The van der Waals surface area contributed by atoms with Crippen LogP contribution in [-0.2, 0) is 52.5 Å².